The first-order valence-corrected chi connectivity index (χ1v) is 11.7. The molecule has 7 nitrogen and oxygen atoms in total. The lowest BCUT2D eigenvalue weighted by atomic mass is 10.1. The number of amides is 1. The molecule has 9 heteroatoms. The topological polar surface area (TPSA) is 85.3 Å². The number of ether oxygens (including phenoxy) is 2. The van der Waals surface area contributed by atoms with E-state index in [1.807, 2.05) is 29.2 Å². The monoisotopic (exact) mass is 410 g/mol. The predicted octanol–water partition coefficient (Wildman–Crippen LogP) is 1.47. The van der Waals surface area contributed by atoms with E-state index >= 15 is 0 Å². The number of amidine groups is 1. The van der Waals surface area contributed by atoms with Crippen LogP contribution >= 0.6 is 11.8 Å². The molecule has 3 aliphatic rings. The number of benzene rings is 1. The number of hydrogen-bond acceptors (Lipinski definition) is 6. The normalized spacial score (nSPS) is 30.6. The number of carbonyl (C=O) groups is 1. The Morgan fingerprint density at radius 2 is 2.11 bits per heavy atom. The van der Waals surface area contributed by atoms with Crippen molar-refractivity contribution in [2.24, 2.45) is 4.99 Å². The van der Waals surface area contributed by atoms with Gasteiger partial charge in [0.1, 0.15) is 11.9 Å². The van der Waals surface area contributed by atoms with Crippen molar-refractivity contribution in [1.29, 1.82) is 0 Å². The van der Waals surface area contributed by atoms with Crippen LogP contribution in [0.5, 0.6) is 5.75 Å². The van der Waals surface area contributed by atoms with Gasteiger partial charge in [0.15, 0.2) is 15.0 Å². The van der Waals surface area contributed by atoms with Crippen LogP contribution in [-0.4, -0.2) is 67.0 Å². The third-order valence-electron chi connectivity index (χ3n) is 5.10. The standard InChI is InChI=1S/C18H22N2O5S2/c1-24-13-6-4-12(5-7-13)9-20-14-10-27(22,23)11-16(14)26-18(20)19-17(21)15-3-2-8-25-15/h4-7,14-16H,2-3,8-11H2,1H3/t14-,15-,16+/m0/s1. The van der Waals surface area contributed by atoms with Crippen molar-refractivity contribution in [2.45, 2.75) is 36.8 Å². The van der Waals surface area contributed by atoms with E-state index in [4.69, 9.17) is 9.47 Å². The lowest BCUT2D eigenvalue weighted by Crippen LogP contribution is -2.37. The minimum absolute atomic E-state index is 0.0794. The number of methoxy groups -OCH3 is 1. The first-order valence-electron chi connectivity index (χ1n) is 8.96. The van der Waals surface area contributed by atoms with Gasteiger partial charge in [0.25, 0.3) is 5.91 Å². The number of thioether (sulfide) groups is 1. The SMILES string of the molecule is COc1ccc(CN2C(=NC(=O)[C@@H]3CCCO3)S[C@@H]3CS(=O)(=O)C[C@@H]32)cc1. The van der Waals surface area contributed by atoms with Crippen molar-refractivity contribution in [3.8, 4) is 5.75 Å². The summed E-state index contributed by atoms with van der Waals surface area (Å²) in [7, 11) is -1.44. The second kappa shape index (κ2) is 7.44. The second-order valence-corrected chi connectivity index (χ2v) is 10.4. The number of nitrogens with zero attached hydrogens (tertiary/aromatic N) is 2. The van der Waals surface area contributed by atoms with Gasteiger partial charge in [-0.3, -0.25) is 4.79 Å². The van der Waals surface area contributed by atoms with Crippen LogP contribution < -0.4 is 4.74 Å². The maximum absolute atomic E-state index is 12.4. The quantitative estimate of drug-likeness (QED) is 0.743. The van der Waals surface area contributed by atoms with E-state index < -0.39 is 15.9 Å². The Morgan fingerprint density at radius 1 is 1.33 bits per heavy atom. The highest BCUT2D eigenvalue weighted by atomic mass is 32.2. The fourth-order valence-corrected chi connectivity index (χ4v) is 7.64. The predicted molar refractivity (Wildman–Crippen MR) is 104 cm³/mol. The highest BCUT2D eigenvalue weighted by Crippen LogP contribution is 2.39. The Hall–Kier alpha value is -1.58. The van der Waals surface area contributed by atoms with Gasteiger partial charge in [0, 0.05) is 18.4 Å². The van der Waals surface area contributed by atoms with Crippen molar-refractivity contribution < 1.29 is 22.7 Å². The summed E-state index contributed by atoms with van der Waals surface area (Å²) in [4.78, 5) is 18.7. The molecule has 0 aromatic heterocycles. The summed E-state index contributed by atoms with van der Waals surface area (Å²) < 4.78 is 34.8. The summed E-state index contributed by atoms with van der Waals surface area (Å²) in [5, 5.41) is 0.528. The minimum atomic E-state index is -3.06. The minimum Gasteiger partial charge on any atom is -0.497 e. The van der Waals surface area contributed by atoms with E-state index in [0.717, 1.165) is 17.7 Å². The van der Waals surface area contributed by atoms with Crippen molar-refractivity contribution in [1.82, 2.24) is 4.90 Å². The molecule has 1 amide bonds. The third kappa shape index (κ3) is 4.00. The first kappa shape index (κ1) is 18.8. The smallest absolute Gasteiger partial charge is 0.277 e. The molecule has 27 heavy (non-hydrogen) atoms. The van der Waals surface area contributed by atoms with Gasteiger partial charge < -0.3 is 14.4 Å². The van der Waals surface area contributed by atoms with Crippen molar-refractivity contribution >= 4 is 32.7 Å². The molecule has 146 valence electrons. The molecule has 0 saturated carbocycles. The second-order valence-electron chi connectivity index (χ2n) is 7.01. The molecule has 1 aromatic carbocycles. The number of sulfone groups is 1. The summed E-state index contributed by atoms with van der Waals surface area (Å²) in [6.45, 7) is 1.10. The van der Waals surface area contributed by atoms with Gasteiger partial charge in [0.05, 0.1) is 24.7 Å². The third-order valence-corrected chi connectivity index (χ3v) is 8.35. The van der Waals surface area contributed by atoms with Crippen LogP contribution in [0.3, 0.4) is 0 Å². The van der Waals surface area contributed by atoms with E-state index in [1.54, 1.807) is 7.11 Å². The van der Waals surface area contributed by atoms with Crippen LogP contribution in [0.15, 0.2) is 29.3 Å². The number of aliphatic imine (C=N–C) groups is 1. The van der Waals surface area contributed by atoms with Gasteiger partial charge in [-0.2, -0.15) is 4.99 Å². The van der Waals surface area contributed by atoms with Gasteiger partial charge in [-0.05, 0) is 30.5 Å². The zero-order chi connectivity index (χ0) is 19.0. The van der Waals surface area contributed by atoms with E-state index in [9.17, 15) is 13.2 Å². The molecule has 3 fully saturated rings. The van der Waals surface area contributed by atoms with Gasteiger partial charge in [-0.15, -0.1) is 0 Å². The molecule has 3 aliphatic heterocycles. The average Bonchev–Trinajstić information content (AvgIpc) is 3.33. The molecule has 0 unspecified atom stereocenters. The Bertz CT molecular complexity index is 847. The molecular weight excluding hydrogens is 388 g/mol. The Morgan fingerprint density at radius 3 is 2.78 bits per heavy atom. The molecule has 3 saturated heterocycles. The lowest BCUT2D eigenvalue weighted by Gasteiger charge is -2.24. The molecule has 0 N–H and O–H groups in total. The molecule has 3 heterocycles. The molecule has 0 radical (unpaired) electrons. The molecule has 0 aliphatic carbocycles. The van der Waals surface area contributed by atoms with E-state index in [0.29, 0.717) is 24.7 Å². The van der Waals surface area contributed by atoms with Crippen LogP contribution in [0.2, 0.25) is 0 Å². The van der Waals surface area contributed by atoms with Gasteiger partial charge >= 0.3 is 0 Å². The lowest BCUT2D eigenvalue weighted by molar-refractivity contribution is -0.126. The van der Waals surface area contributed by atoms with E-state index in [2.05, 4.69) is 4.99 Å². The number of carbonyl (C=O) groups excluding carboxylic acids is 1. The zero-order valence-electron chi connectivity index (χ0n) is 15.0. The molecule has 0 spiro atoms. The van der Waals surface area contributed by atoms with Crippen LogP contribution in [0.25, 0.3) is 0 Å². The van der Waals surface area contributed by atoms with Crippen LogP contribution in [-0.2, 0) is 25.9 Å². The Labute approximate surface area is 163 Å². The van der Waals surface area contributed by atoms with Gasteiger partial charge in [-0.25, -0.2) is 8.42 Å². The highest BCUT2D eigenvalue weighted by molar-refractivity contribution is 8.15. The summed E-state index contributed by atoms with van der Waals surface area (Å²) >= 11 is 1.40. The van der Waals surface area contributed by atoms with Gasteiger partial charge in [0.2, 0.25) is 0 Å². The maximum Gasteiger partial charge on any atom is 0.277 e. The molecule has 0 bridgehead atoms. The Kier molecular flexibility index (Phi) is 5.17. The van der Waals surface area contributed by atoms with Crippen molar-refractivity contribution in [3.63, 3.8) is 0 Å². The first-order chi connectivity index (χ1) is 12.9. The molecule has 3 atom stereocenters. The van der Waals surface area contributed by atoms with Crippen LogP contribution in [0.1, 0.15) is 18.4 Å². The highest BCUT2D eigenvalue weighted by Gasteiger charge is 2.48. The molecule has 4 rings (SSSR count). The number of hydrogen-bond donors (Lipinski definition) is 0. The van der Waals surface area contributed by atoms with E-state index in [-0.39, 0.29) is 28.7 Å². The van der Waals surface area contributed by atoms with Crippen LogP contribution in [0, 0.1) is 0 Å². The van der Waals surface area contributed by atoms with Gasteiger partial charge in [-0.1, -0.05) is 23.9 Å². The fourth-order valence-electron chi connectivity index (χ4n) is 3.69. The number of rotatable bonds is 4. The summed E-state index contributed by atoms with van der Waals surface area (Å²) in [5.41, 5.74) is 1.01. The molecular formula is C18H22N2O5S2. The van der Waals surface area contributed by atoms with E-state index in [1.165, 1.54) is 11.8 Å². The average molecular weight is 411 g/mol. The van der Waals surface area contributed by atoms with Crippen molar-refractivity contribution in [3.05, 3.63) is 29.8 Å². The van der Waals surface area contributed by atoms with Crippen molar-refractivity contribution in [2.75, 3.05) is 25.2 Å². The summed E-state index contributed by atoms with van der Waals surface area (Å²) in [6.07, 6.45) is 1.10. The zero-order valence-corrected chi connectivity index (χ0v) is 16.7. The number of fused-ring (bicyclic) bond motifs is 1. The summed E-state index contributed by atoms with van der Waals surface area (Å²) in [6, 6.07) is 7.48. The summed E-state index contributed by atoms with van der Waals surface area (Å²) in [5.74, 6) is 0.735. The fraction of sp³-hybridized carbons (Fsp3) is 0.556. The largest absolute Gasteiger partial charge is 0.497 e. The molecule has 1 aromatic rings. The van der Waals surface area contributed by atoms with Crippen LogP contribution in [0.4, 0.5) is 0 Å². The maximum atomic E-state index is 12.4. The Balaban J connectivity index is 1.58.